The predicted octanol–water partition coefficient (Wildman–Crippen LogP) is 4.84. The second kappa shape index (κ2) is 11.3. The highest BCUT2D eigenvalue weighted by Crippen LogP contribution is 2.29. The molecule has 3 aromatic rings. The molecule has 1 amide bonds. The van der Waals surface area contributed by atoms with Crippen molar-refractivity contribution in [3.05, 3.63) is 94.3 Å². The predicted molar refractivity (Wildman–Crippen MR) is 122 cm³/mol. The molecule has 8 heteroatoms. The molecule has 172 valence electrons. The van der Waals surface area contributed by atoms with E-state index >= 15 is 0 Å². The van der Waals surface area contributed by atoms with Crippen molar-refractivity contribution >= 4 is 23.5 Å². The van der Waals surface area contributed by atoms with Crippen LogP contribution in [0.1, 0.15) is 21.5 Å². The Labute approximate surface area is 196 Å². The fourth-order valence-corrected chi connectivity index (χ4v) is 3.57. The van der Waals surface area contributed by atoms with Gasteiger partial charge >= 0.3 is 5.97 Å². The number of methoxy groups -OCH3 is 1. The highest BCUT2D eigenvalue weighted by atomic mass is 35.5. The van der Waals surface area contributed by atoms with Gasteiger partial charge < -0.3 is 19.5 Å². The minimum Gasteiger partial charge on any atom is -0.496 e. The first kappa shape index (κ1) is 24.1. The molecule has 0 atom stereocenters. The maximum Gasteiger partial charge on any atom is 0.339 e. The Morgan fingerprint density at radius 1 is 1.00 bits per heavy atom. The fraction of sp³-hybridized carbons (Fsp3) is 0.200. The molecule has 0 unspecified atom stereocenters. The van der Waals surface area contributed by atoms with E-state index in [0.717, 1.165) is 5.56 Å². The van der Waals surface area contributed by atoms with E-state index in [0.29, 0.717) is 17.7 Å². The largest absolute Gasteiger partial charge is 0.496 e. The van der Waals surface area contributed by atoms with E-state index in [-0.39, 0.29) is 35.2 Å². The summed E-state index contributed by atoms with van der Waals surface area (Å²) in [6, 6.07) is 18.0. The lowest BCUT2D eigenvalue weighted by Gasteiger charge is -2.24. The molecular formula is C25H23ClFNO5. The zero-order valence-corrected chi connectivity index (χ0v) is 18.7. The number of ether oxygens (including phenoxy) is 2. The minimum absolute atomic E-state index is 0.0774. The van der Waals surface area contributed by atoms with Crippen LogP contribution in [-0.2, 0) is 17.8 Å². The number of carbonyl (C=O) groups excluding carboxylic acids is 1. The van der Waals surface area contributed by atoms with Crippen molar-refractivity contribution < 1.29 is 28.6 Å². The van der Waals surface area contributed by atoms with Gasteiger partial charge in [0, 0.05) is 18.7 Å². The maximum atomic E-state index is 14.1. The number of amides is 1. The van der Waals surface area contributed by atoms with Crippen molar-refractivity contribution in [2.45, 2.75) is 13.0 Å². The molecule has 6 nitrogen and oxygen atoms in total. The molecule has 0 aliphatic rings. The fourth-order valence-electron chi connectivity index (χ4n) is 3.34. The van der Waals surface area contributed by atoms with Gasteiger partial charge in [0.2, 0.25) is 0 Å². The number of halogens is 2. The molecule has 0 spiro atoms. The van der Waals surface area contributed by atoms with Gasteiger partial charge in [0.25, 0.3) is 5.91 Å². The molecule has 1 N–H and O–H groups in total. The summed E-state index contributed by atoms with van der Waals surface area (Å²) >= 11 is 6.09. The zero-order chi connectivity index (χ0) is 23.8. The molecule has 0 bridgehead atoms. The molecule has 0 aliphatic carbocycles. The van der Waals surface area contributed by atoms with E-state index in [1.807, 2.05) is 18.2 Å². The van der Waals surface area contributed by atoms with E-state index in [9.17, 15) is 19.1 Å². The Kier molecular flexibility index (Phi) is 8.27. The number of nitrogens with zero attached hydrogens (tertiary/aromatic N) is 1. The van der Waals surface area contributed by atoms with Crippen molar-refractivity contribution in [1.82, 2.24) is 4.90 Å². The Balaban J connectivity index is 1.80. The second-order valence-corrected chi connectivity index (χ2v) is 7.59. The van der Waals surface area contributed by atoms with Crippen LogP contribution >= 0.6 is 11.6 Å². The number of para-hydroxylation sites is 2. The van der Waals surface area contributed by atoms with Crippen LogP contribution in [-0.4, -0.2) is 42.1 Å². The van der Waals surface area contributed by atoms with Crippen molar-refractivity contribution in [3.63, 3.8) is 0 Å². The monoisotopic (exact) mass is 471 g/mol. The number of rotatable bonds is 10. The summed E-state index contributed by atoms with van der Waals surface area (Å²) in [5.74, 6) is -1.44. The van der Waals surface area contributed by atoms with Crippen LogP contribution in [0.15, 0.2) is 66.7 Å². The third kappa shape index (κ3) is 6.23. The van der Waals surface area contributed by atoms with E-state index < -0.39 is 18.5 Å². The summed E-state index contributed by atoms with van der Waals surface area (Å²) < 4.78 is 25.0. The van der Waals surface area contributed by atoms with E-state index in [1.54, 1.807) is 24.3 Å². The number of hydrogen-bond acceptors (Lipinski definition) is 4. The van der Waals surface area contributed by atoms with Crippen molar-refractivity contribution in [2.75, 3.05) is 20.3 Å². The number of hydrogen-bond donors (Lipinski definition) is 1. The van der Waals surface area contributed by atoms with Gasteiger partial charge in [0.15, 0.2) is 12.4 Å². The first-order valence-electron chi connectivity index (χ1n) is 10.2. The van der Waals surface area contributed by atoms with Gasteiger partial charge in [0.1, 0.15) is 17.1 Å². The number of carboxylic acids is 1. The molecule has 0 radical (unpaired) electrons. The van der Waals surface area contributed by atoms with Crippen LogP contribution in [0, 0.1) is 5.82 Å². The number of carboxylic acid groups (broad SMARTS) is 1. The van der Waals surface area contributed by atoms with Crippen LogP contribution in [0.2, 0.25) is 5.02 Å². The highest BCUT2D eigenvalue weighted by molar-refractivity contribution is 6.32. The SMILES string of the molecule is COc1ccccc1CN(CCc1ccccc1F)C(=O)COc1c(Cl)cccc1C(=O)O. The van der Waals surface area contributed by atoms with Crippen LogP contribution in [0.25, 0.3) is 0 Å². The second-order valence-electron chi connectivity index (χ2n) is 7.18. The summed E-state index contributed by atoms with van der Waals surface area (Å²) in [6.07, 6.45) is 0.292. The van der Waals surface area contributed by atoms with Gasteiger partial charge in [-0.3, -0.25) is 4.79 Å². The first-order chi connectivity index (χ1) is 15.9. The normalized spacial score (nSPS) is 10.5. The van der Waals surface area contributed by atoms with Gasteiger partial charge in [-0.15, -0.1) is 0 Å². The Bertz CT molecular complexity index is 1140. The van der Waals surface area contributed by atoms with Gasteiger partial charge in [0.05, 0.1) is 12.1 Å². The van der Waals surface area contributed by atoms with Crippen LogP contribution in [0.4, 0.5) is 4.39 Å². The Hall–Kier alpha value is -3.58. The highest BCUT2D eigenvalue weighted by Gasteiger charge is 2.20. The summed E-state index contributed by atoms with van der Waals surface area (Å²) in [5.41, 5.74) is 1.11. The average Bonchev–Trinajstić information content (AvgIpc) is 2.81. The van der Waals surface area contributed by atoms with E-state index in [2.05, 4.69) is 0 Å². The lowest BCUT2D eigenvalue weighted by molar-refractivity contribution is -0.134. The number of carbonyl (C=O) groups is 2. The van der Waals surface area contributed by atoms with Gasteiger partial charge in [-0.25, -0.2) is 9.18 Å². The molecule has 0 fully saturated rings. The molecule has 0 aliphatic heterocycles. The maximum absolute atomic E-state index is 14.1. The molecule has 33 heavy (non-hydrogen) atoms. The quantitative estimate of drug-likeness (QED) is 0.458. The lowest BCUT2D eigenvalue weighted by Crippen LogP contribution is -2.36. The summed E-state index contributed by atoms with van der Waals surface area (Å²) in [5, 5.41) is 9.46. The zero-order valence-electron chi connectivity index (χ0n) is 18.0. The van der Waals surface area contributed by atoms with Crippen LogP contribution in [0.5, 0.6) is 11.5 Å². The number of aromatic carboxylic acids is 1. The topological polar surface area (TPSA) is 76.1 Å². The Morgan fingerprint density at radius 3 is 2.39 bits per heavy atom. The lowest BCUT2D eigenvalue weighted by atomic mass is 10.1. The summed E-state index contributed by atoms with van der Waals surface area (Å²) in [6.45, 7) is -0.0130. The van der Waals surface area contributed by atoms with Crippen molar-refractivity contribution in [3.8, 4) is 11.5 Å². The van der Waals surface area contributed by atoms with Crippen LogP contribution < -0.4 is 9.47 Å². The van der Waals surface area contributed by atoms with E-state index in [1.165, 1.54) is 36.3 Å². The molecule has 0 heterocycles. The van der Waals surface area contributed by atoms with Crippen molar-refractivity contribution in [2.24, 2.45) is 0 Å². The van der Waals surface area contributed by atoms with Gasteiger partial charge in [-0.1, -0.05) is 54.1 Å². The first-order valence-corrected chi connectivity index (χ1v) is 10.6. The summed E-state index contributed by atoms with van der Waals surface area (Å²) in [7, 11) is 1.54. The average molecular weight is 472 g/mol. The molecule has 0 aromatic heterocycles. The third-order valence-corrected chi connectivity index (χ3v) is 5.35. The Morgan fingerprint density at radius 2 is 1.70 bits per heavy atom. The molecule has 3 aromatic carbocycles. The molecular weight excluding hydrogens is 449 g/mol. The van der Waals surface area contributed by atoms with Gasteiger partial charge in [-0.05, 0) is 36.2 Å². The molecule has 0 saturated carbocycles. The van der Waals surface area contributed by atoms with Gasteiger partial charge in [-0.2, -0.15) is 0 Å². The number of benzene rings is 3. The standard InChI is InChI=1S/C25H23ClFNO5/c1-32-22-12-5-3-8-18(22)15-28(14-13-17-7-2-4-11-21(17)27)23(29)16-33-24-19(25(30)31)9-6-10-20(24)26/h2-12H,13-16H2,1H3,(H,30,31). The van der Waals surface area contributed by atoms with Crippen LogP contribution in [0.3, 0.4) is 0 Å². The van der Waals surface area contributed by atoms with E-state index in [4.69, 9.17) is 21.1 Å². The van der Waals surface area contributed by atoms with Crippen molar-refractivity contribution in [1.29, 1.82) is 0 Å². The summed E-state index contributed by atoms with van der Waals surface area (Å²) in [4.78, 5) is 26.1. The third-order valence-electron chi connectivity index (χ3n) is 5.05. The smallest absolute Gasteiger partial charge is 0.339 e. The molecule has 3 rings (SSSR count). The molecule has 0 saturated heterocycles. The minimum atomic E-state index is -1.22.